The van der Waals surface area contributed by atoms with Crippen LogP contribution < -0.4 is 4.74 Å². The van der Waals surface area contributed by atoms with E-state index in [4.69, 9.17) is 14.4 Å². The van der Waals surface area contributed by atoms with Crippen molar-refractivity contribution >= 4 is 0 Å². The Hall–Kier alpha value is -3.17. The summed E-state index contributed by atoms with van der Waals surface area (Å²) >= 11 is 0. The maximum absolute atomic E-state index is 9.05. The maximum Gasteiger partial charge on any atom is 0.251 e. The van der Waals surface area contributed by atoms with E-state index in [0.717, 1.165) is 42.9 Å². The molecule has 0 unspecified atom stereocenters. The van der Waals surface area contributed by atoms with Crippen LogP contribution in [0, 0.1) is 11.3 Å². The molecule has 0 amide bonds. The molecule has 1 fully saturated rings. The van der Waals surface area contributed by atoms with E-state index in [0.29, 0.717) is 17.3 Å². The van der Waals surface area contributed by atoms with Gasteiger partial charge in [-0.15, -0.1) is 10.2 Å². The van der Waals surface area contributed by atoms with Gasteiger partial charge in [-0.25, -0.2) is 0 Å². The fourth-order valence-electron chi connectivity index (χ4n) is 3.50. The lowest BCUT2D eigenvalue weighted by atomic mass is 10.1. The predicted octanol–water partition coefficient (Wildman–Crippen LogP) is 3.61. The Bertz CT molecular complexity index is 976. The molecule has 1 aliphatic heterocycles. The minimum atomic E-state index is 0.222. The van der Waals surface area contributed by atoms with E-state index in [9.17, 15) is 0 Å². The fourth-order valence-corrected chi connectivity index (χ4v) is 3.50. The van der Waals surface area contributed by atoms with Crippen LogP contribution in [0.2, 0.25) is 0 Å². The molecule has 0 bridgehead atoms. The Kier molecular flexibility index (Phi) is 4.86. The maximum atomic E-state index is 9.05. The zero-order valence-corrected chi connectivity index (χ0v) is 15.1. The molecule has 2 heterocycles. The third-order valence-corrected chi connectivity index (χ3v) is 4.86. The molecule has 2 aromatic carbocycles. The molecule has 3 aromatic rings. The molecular formula is C21H20N4O2. The lowest BCUT2D eigenvalue weighted by Gasteiger charge is -2.15. The van der Waals surface area contributed by atoms with Crippen molar-refractivity contribution in [1.29, 1.82) is 5.26 Å². The number of rotatable bonds is 5. The molecule has 1 aromatic heterocycles. The number of nitriles is 1. The van der Waals surface area contributed by atoms with E-state index >= 15 is 0 Å². The second-order valence-electron chi connectivity index (χ2n) is 6.68. The van der Waals surface area contributed by atoms with Crippen molar-refractivity contribution in [1.82, 2.24) is 15.1 Å². The van der Waals surface area contributed by atoms with Gasteiger partial charge in [0.15, 0.2) is 0 Å². The van der Waals surface area contributed by atoms with E-state index < -0.39 is 0 Å². The Balaban J connectivity index is 1.45. The van der Waals surface area contributed by atoms with Crippen LogP contribution in [0.3, 0.4) is 0 Å². The average Bonchev–Trinajstić information content (AvgIpc) is 3.37. The van der Waals surface area contributed by atoms with E-state index in [1.807, 2.05) is 42.5 Å². The number of hydrogen-bond acceptors (Lipinski definition) is 6. The first kappa shape index (κ1) is 17.3. The van der Waals surface area contributed by atoms with Gasteiger partial charge < -0.3 is 9.15 Å². The van der Waals surface area contributed by atoms with E-state index in [1.54, 1.807) is 7.11 Å². The van der Waals surface area contributed by atoms with Crippen molar-refractivity contribution in [2.75, 3.05) is 20.2 Å². The number of ether oxygens (including phenoxy) is 1. The molecule has 27 heavy (non-hydrogen) atoms. The zero-order valence-electron chi connectivity index (χ0n) is 15.1. The Morgan fingerprint density at radius 2 is 2.11 bits per heavy atom. The third-order valence-electron chi connectivity index (χ3n) is 4.86. The van der Waals surface area contributed by atoms with Gasteiger partial charge in [-0.2, -0.15) is 5.26 Å². The second kappa shape index (κ2) is 7.60. The van der Waals surface area contributed by atoms with Crippen LogP contribution in [0.1, 0.15) is 29.4 Å². The molecule has 1 saturated heterocycles. The molecule has 0 radical (unpaired) electrons. The first-order chi connectivity index (χ1) is 13.3. The summed E-state index contributed by atoms with van der Waals surface area (Å²) in [5.41, 5.74) is 2.65. The first-order valence-corrected chi connectivity index (χ1v) is 8.95. The van der Waals surface area contributed by atoms with Crippen LogP contribution in [0.4, 0.5) is 0 Å². The summed E-state index contributed by atoms with van der Waals surface area (Å²) in [7, 11) is 1.63. The van der Waals surface area contributed by atoms with Crippen molar-refractivity contribution in [3.63, 3.8) is 0 Å². The quantitative estimate of drug-likeness (QED) is 0.692. The molecule has 1 atom stereocenters. The molecule has 0 N–H and O–H groups in total. The molecular weight excluding hydrogens is 340 g/mol. The Morgan fingerprint density at radius 1 is 1.22 bits per heavy atom. The SMILES string of the molecule is COc1ccccc1-c1nnc([C@H]2CCN(Cc3cccc(C#N)c3)C2)o1. The van der Waals surface area contributed by atoms with Crippen LogP contribution >= 0.6 is 0 Å². The lowest BCUT2D eigenvalue weighted by Crippen LogP contribution is -2.19. The zero-order chi connectivity index (χ0) is 18.6. The molecule has 0 saturated carbocycles. The highest BCUT2D eigenvalue weighted by Gasteiger charge is 2.28. The van der Waals surface area contributed by atoms with Crippen molar-refractivity contribution in [2.24, 2.45) is 0 Å². The van der Waals surface area contributed by atoms with Gasteiger partial charge in [0.2, 0.25) is 5.89 Å². The van der Waals surface area contributed by atoms with Crippen molar-refractivity contribution in [3.8, 4) is 23.3 Å². The molecule has 6 nitrogen and oxygen atoms in total. The first-order valence-electron chi connectivity index (χ1n) is 8.95. The largest absolute Gasteiger partial charge is 0.496 e. The van der Waals surface area contributed by atoms with Gasteiger partial charge in [0.05, 0.1) is 30.2 Å². The van der Waals surface area contributed by atoms with Crippen LogP contribution in [-0.2, 0) is 6.54 Å². The minimum absolute atomic E-state index is 0.222. The van der Waals surface area contributed by atoms with E-state index in [2.05, 4.69) is 27.2 Å². The van der Waals surface area contributed by atoms with Gasteiger partial charge in [-0.3, -0.25) is 4.90 Å². The van der Waals surface area contributed by atoms with Crippen molar-refractivity contribution in [2.45, 2.75) is 18.9 Å². The highest BCUT2D eigenvalue weighted by molar-refractivity contribution is 5.62. The molecule has 0 spiro atoms. The average molecular weight is 360 g/mol. The van der Waals surface area contributed by atoms with Crippen LogP contribution in [0.15, 0.2) is 52.9 Å². The summed E-state index contributed by atoms with van der Waals surface area (Å²) in [6.45, 7) is 2.65. The number of hydrogen-bond donors (Lipinski definition) is 0. The molecule has 6 heteroatoms. The predicted molar refractivity (Wildman–Crippen MR) is 100 cm³/mol. The Morgan fingerprint density at radius 3 is 2.96 bits per heavy atom. The number of aromatic nitrogens is 2. The summed E-state index contributed by atoms with van der Waals surface area (Å²) in [6.07, 6.45) is 0.978. The highest BCUT2D eigenvalue weighted by Crippen LogP contribution is 2.32. The van der Waals surface area contributed by atoms with Gasteiger partial charge in [0, 0.05) is 13.1 Å². The second-order valence-corrected chi connectivity index (χ2v) is 6.68. The molecule has 4 rings (SSSR count). The number of benzene rings is 2. The van der Waals surface area contributed by atoms with Gasteiger partial charge in [0.25, 0.3) is 5.89 Å². The monoisotopic (exact) mass is 360 g/mol. The Labute approximate surface area is 158 Å². The van der Waals surface area contributed by atoms with Crippen molar-refractivity contribution in [3.05, 3.63) is 65.5 Å². The van der Waals surface area contributed by atoms with Crippen LogP contribution in [0.5, 0.6) is 5.75 Å². The summed E-state index contributed by atoms with van der Waals surface area (Å²) in [4.78, 5) is 2.36. The molecule has 136 valence electrons. The number of para-hydroxylation sites is 1. The van der Waals surface area contributed by atoms with Gasteiger partial charge in [-0.1, -0.05) is 24.3 Å². The summed E-state index contributed by atoms with van der Waals surface area (Å²) in [5, 5.41) is 17.5. The minimum Gasteiger partial charge on any atom is -0.496 e. The summed E-state index contributed by atoms with van der Waals surface area (Å²) in [6, 6.07) is 17.6. The fraction of sp³-hybridized carbons (Fsp3) is 0.286. The number of methoxy groups -OCH3 is 1. The van der Waals surface area contributed by atoms with Crippen LogP contribution in [0.25, 0.3) is 11.5 Å². The molecule has 0 aliphatic carbocycles. The van der Waals surface area contributed by atoms with Gasteiger partial charge in [0.1, 0.15) is 5.75 Å². The standard InChI is InChI=1S/C21H20N4O2/c1-26-19-8-3-2-7-18(19)21-24-23-20(27-21)17-9-10-25(14-17)13-16-6-4-5-15(11-16)12-22/h2-8,11,17H,9-10,13-14H2,1H3/t17-/m0/s1. The molecule has 1 aliphatic rings. The van der Waals surface area contributed by atoms with E-state index in [1.165, 1.54) is 0 Å². The van der Waals surface area contributed by atoms with Crippen molar-refractivity contribution < 1.29 is 9.15 Å². The van der Waals surface area contributed by atoms with Crippen LogP contribution in [-0.4, -0.2) is 35.3 Å². The third kappa shape index (κ3) is 3.69. The van der Waals surface area contributed by atoms with Gasteiger partial charge >= 0.3 is 0 Å². The van der Waals surface area contributed by atoms with E-state index in [-0.39, 0.29) is 5.92 Å². The lowest BCUT2D eigenvalue weighted by molar-refractivity contribution is 0.320. The topological polar surface area (TPSA) is 75.2 Å². The normalized spacial score (nSPS) is 17.0. The summed E-state index contributed by atoms with van der Waals surface area (Å²) in [5.74, 6) is 2.10. The highest BCUT2D eigenvalue weighted by atomic mass is 16.5. The summed E-state index contributed by atoms with van der Waals surface area (Å²) < 4.78 is 11.3. The number of likely N-dealkylation sites (tertiary alicyclic amines) is 1. The van der Waals surface area contributed by atoms with Gasteiger partial charge in [-0.05, 0) is 42.8 Å². The number of nitrogens with zero attached hydrogens (tertiary/aromatic N) is 4. The smallest absolute Gasteiger partial charge is 0.251 e.